The second kappa shape index (κ2) is 8.00. The molecular weight excluding hydrogens is 272 g/mol. The molecule has 1 heterocycles. The van der Waals surface area contributed by atoms with Crippen LogP contribution in [0.15, 0.2) is 0 Å². The van der Waals surface area contributed by atoms with Crippen molar-refractivity contribution in [3.63, 3.8) is 0 Å². The predicted molar refractivity (Wildman–Crippen MR) is 78.7 cm³/mol. The molecule has 1 fully saturated rings. The monoisotopic (exact) mass is 298 g/mol. The summed E-state index contributed by atoms with van der Waals surface area (Å²) in [6.07, 6.45) is 3.71. The van der Waals surface area contributed by atoms with Gasteiger partial charge in [-0.25, -0.2) is 0 Å². The molecule has 6 nitrogen and oxygen atoms in total. The molecule has 1 rings (SSSR count). The number of likely N-dealkylation sites (tertiary alicyclic amines) is 1. The lowest BCUT2D eigenvalue weighted by molar-refractivity contribution is -0.139. The van der Waals surface area contributed by atoms with Gasteiger partial charge in [-0.05, 0) is 24.7 Å². The Kier molecular flexibility index (Phi) is 6.65. The molecule has 6 heteroatoms. The van der Waals surface area contributed by atoms with Gasteiger partial charge in [0.1, 0.15) is 0 Å². The molecule has 0 saturated carbocycles. The molecule has 120 valence electrons. The highest BCUT2D eigenvalue weighted by atomic mass is 16.4. The number of rotatable bonds is 7. The average Bonchev–Trinajstić information content (AvgIpc) is 2.37. The summed E-state index contributed by atoms with van der Waals surface area (Å²) in [7, 11) is 0. The van der Waals surface area contributed by atoms with Crippen LogP contribution in [0.25, 0.3) is 0 Å². The Morgan fingerprint density at radius 2 is 1.71 bits per heavy atom. The number of carboxylic acids is 1. The first kappa shape index (κ1) is 17.5. The van der Waals surface area contributed by atoms with E-state index in [0.29, 0.717) is 13.0 Å². The maximum atomic E-state index is 11.9. The van der Waals surface area contributed by atoms with Crippen molar-refractivity contribution < 1.29 is 19.5 Å². The molecule has 1 aliphatic heterocycles. The molecule has 1 aliphatic rings. The molecule has 0 bridgehead atoms. The van der Waals surface area contributed by atoms with Crippen molar-refractivity contribution in [2.24, 2.45) is 5.41 Å². The molecule has 0 spiro atoms. The van der Waals surface area contributed by atoms with E-state index in [2.05, 4.69) is 5.32 Å². The van der Waals surface area contributed by atoms with Crippen LogP contribution in [0.5, 0.6) is 0 Å². The van der Waals surface area contributed by atoms with E-state index in [1.807, 2.05) is 4.90 Å². The number of nitrogens with one attached hydrogen (secondary N) is 1. The lowest BCUT2D eigenvalue weighted by Gasteiger charge is -2.27. The molecule has 0 radical (unpaired) electrons. The summed E-state index contributed by atoms with van der Waals surface area (Å²) in [5, 5.41) is 11.5. The first-order chi connectivity index (χ1) is 9.80. The van der Waals surface area contributed by atoms with Gasteiger partial charge in [-0.15, -0.1) is 0 Å². The highest BCUT2D eigenvalue weighted by molar-refractivity contribution is 5.80. The minimum atomic E-state index is -0.909. The van der Waals surface area contributed by atoms with Crippen molar-refractivity contribution in [3.8, 4) is 0 Å². The standard InChI is InChI=1S/C15H26N2O4/c1-15(2,11-14(20)21)10-12(18)16-7-6-13(19)17-8-4-3-5-9-17/h3-11H2,1-2H3,(H,16,18)(H,20,21). The Hall–Kier alpha value is -1.59. The lowest BCUT2D eigenvalue weighted by atomic mass is 9.85. The van der Waals surface area contributed by atoms with Gasteiger partial charge in [-0.1, -0.05) is 13.8 Å². The smallest absolute Gasteiger partial charge is 0.303 e. The number of aliphatic carboxylic acids is 1. The molecule has 0 aromatic rings. The summed E-state index contributed by atoms with van der Waals surface area (Å²) in [6, 6.07) is 0. The number of nitrogens with zero attached hydrogens (tertiary/aromatic N) is 1. The van der Waals surface area contributed by atoms with Gasteiger partial charge >= 0.3 is 5.97 Å². The number of amides is 2. The van der Waals surface area contributed by atoms with E-state index < -0.39 is 11.4 Å². The predicted octanol–water partition coefficient (Wildman–Crippen LogP) is 1.40. The SMILES string of the molecule is CC(C)(CC(=O)O)CC(=O)NCCC(=O)N1CCCCC1. The van der Waals surface area contributed by atoms with Crippen LogP contribution in [-0.2, 0) is 14.4 Å². The molecular formula is C15H26N2O4. The Labute approximate surface area is 125 Å². The van der Waals surface area contributed by atoms with Crippen LogP contribution in [-0.4, -0.2) is 47.4 Å². The van der Waals surface area contributed by atoms with Crippen LogP contribution in [0.1, 0.15) is 52.4 Å². The van der Waals surface area contributed by atoms with Crippen molar-refractivity contribution in [2.75, 3.05) is 19.6 Å². The Morgan fingerprint density at radius 1 is 1.10 bits per heavy atom. The number of carbonyl (C=O) groups excluding carboxylic acids is 2. The van der Waals surface area contributed by atoms with E-state index in [9.17, 15) is 14.4 Å². The normalized spacial score (nSPS) is 15.6. The summed E-state index contributed by atoms with van der Waals surface area (Å²) < 4.78 is 0. The van der Waals surface area contributed by atoms with Gasteiger partial charge in [-0.3, -0.25) is 14.4 Å². The first-order valence-corrected chi connectivity index (χ1v) is 7.56. The molecule has 0 atom stereocenters. The summed E-state index contributed by atoms with van der Waals surface area (Å²) in [6.45, 7) is 5.45. The summed E-state index contributed by atoms with van der Waals surface area (Å²) >= 11 is 0. The minimum Gasteiger partial charge on any atom is -0.481 e. The molecule has 0 aromatic heterocycles. The zero-order chi connectivity index (χ0) is 15.9. The second-order valence-corrected chi connectivity index (χ2v) is 6.45. The van der Waals surface area contributed by atoms with Crippen LogP contribution in [0, 0.1) is 5.41 Å². The molecule has 0 aliphatic carbocycles. The van der Waals surface area contributed by atoms with E-state index >= 15 is 0 Å². The number of carboxylic acid groups (broad SMARTS) is 1. The molecule has 2 N–H and O–H groups in total. The van der Waals surface area contributed by atoms with Crippen molar-refractivity contribution in [2.45, 2.75) is 52.4 Å². The summed E-state index contributed by atoms with van der Waals surface area (Å²) in [5.41, 5.74) is -0.577. The van der Waals surface area contributed by atoms with Gasteiger partial charge in [0.25, 0.3) is 0 Å². The average molecular weight is 298 g/mol. The Morgan fingerprint density at radius 3 is 2.29 bits per heavy atom. The largest absolute Gasteiger partial charge is 0.481 e. The number of hydrogen-bond acceptors (Lipinski definition) is 3. The van der Waals surface area contributed by atoms with Gasteiger partial charge < -0.3 is 15.3 Å². The first-order valence-electron chi connectivity index (χ1n) is 7.56. The van der Waals surface area contributed by atoms with Crippen LogP contribution in [0.2, 0.25) is 0 Å². The fraction of sp³-hybridized carbons (Fsp3) is 0.800. The highest BCUT2D eigenvalue weighted by Gasteiger charge is 2.25. The third-order valence-corrected chi connectivity index (χ3v) is 3.64. The van der Waals surface area contributed by atoms with E-state index in [-0.39, 0.29) is 24.7 Å². The van der Waals surface area contributed by atoms with Crippen molar-refractivity contribution in [3.05, 3.63) is 0 Å². The number of piperidine rings is 1. The Balaban J connectivity index is 2.23. The van der Waals surface area contributed by atoms with Crippen LogP contribution >= 0.6 is 0 Å². The van der Waals surface area contributed by atoms with Crippen molar-refractivity contribution in [1.29, 1.82) is 0 Å². The maximum absolute atomic E-state index is 11.9. The quantitative estimate of drug-likeness (QED) is 0.743. The zero-order valence-electron chi connectivity index (χ0n) is 13.0. The molecule has 21 heavy (non-hydrogen) atoms. The summed E-state index contributed by atoms with van der Waals surface area (Å²) in [4.78, 5) is 36.2. The van der Waals surface area contributed by atoms with Gasteiger partial charge in [0, 0.05) is 32.5 Å². The maximum Gasteiger partial charge on any atom is 0.303 e. The van der Waals surface area contributed by atoms with Crippen molar-refractivity contribution in [1.82, 2.24) is 10.2 Å². The van der Waals surface area contributed by atoms with Crippen LogP contribution < -0.4 is 5.32 Å². The fourth-order valence-electron chi connectivity index (χ4n) is 2.58. The highest BCUT2D eigenvalue weighted by Crippen LogP contribution is 2.24. The summed E-state index contributed by atoms with van der Waals surface area (Å²) in [5.74, 6) is -1.03. The lowest BCUT2D eigenvalue weighted by Crippen LogP contribution is -2.38. The topological polar surface area (TPSA) is 86.7 Å². The van der Waals surface area contributed by atoms with Gasteiger partial charge in [0.05, 0.1) is 6.42 Å². The van der Waals surface area contributed by atoms with Crippen LogP contribution in [0.4, 0.5) is 0 Å². The fourth-order valence-corrected chi connectivity index (χ4v) is 2.58. The van der Waals surface area contributed by atoms with Crippen molar-refractivity contribution >= 4 is 17.8 Å². The number of hydrogen-bond donors (Lipinski definition) is 2. The van der Waals surface area contributed by atoms with E-state index in [0.717, 1.165) is 25.9 Å². The molecule has 1 saturated heterocycles. The molecule has 0 aromatic carbocycles. The van der Waals surface area contributed by atoms with E-state index in [4.69, 9.17) is 5.11 Å². The van der Waals surface area contributed by atoms with Gasteiger partial charge in [0.15, 0.2) is 0 Å². The zero-order valence-corrected chi connectivity index (χ0v) is 13.0. The van der Waals surface area contributed by atoms with Gasteiger partial charge in [0.2, 0.25) is 11.8 Å². The third-order valence-electron chi connectivity index (χ3n) is 3.64. The van der Waals surface area contributed by atoms with Crippen LogP contribution in [0.3, 0.4) is 0 Å². The molecule has 2 amide bonds. The van der Waals surface area contributed by atoms with E-state index in [1.165, 1.54) is 6.42 Å². The minimum absolute atomic E-state index is 0.0485. The van der Waals surface area contributed by atoms with E-state index in [1.54, 1.807) is 13.8 Å². The molecule has 0 unspecified atom stereocenters. The second-order valence-electron chi connectivity index (χ2n) is 6.45. The third kappa shape index (κ3) is 7.11. The van der Waals surface area contributed by atoms with Gasteiger partial charge in [-0.2, -0.15) is 0 Å². The number of carbonyl (C=O) groups is 3. The Bertz CT molecular complexity index is 387.